The van der Waals surface area contributed by atoms with Crippen molar-refractivity contribution in [1.82, 2.24) is 4.90 Å². The summed E-state index contributed by atoms with van der Waals surface area (Å²) in [5.41, 5.74) is 10.9. The quantitative estimate of drug-likeness (QED) is 0.717. The first-order chi connectivity index (χ1) is 9.92. The van der Waals surface area contributed by atoms with E-state index >= 15 is 0 Å². The van der Waals surface area contributed by atoms with E-state index in [9.17, 15) is 14.0 Å². The maximum Gasteiger partial charge on any atom is 0.258 e. The standard InChI is InChI=1S/C13H15ClFN3O3/c14-8-3-6(4-16)11(15)10-7(8)5-18(13(10)21)9(1-2-19)12(17)20/h3,9,19H,1-2,4-5,16H2,(H2,17,20). The average molecular weight is 316 g/mol. The van der Waals surface area contributed by atoms with Crippen LogP contribution in [0.1, 0.15) is 27.9 Å². The summed E-state index contributed by atoms with van der Waals surface area (Å²) in [5.74, 6) is -2.16. The Kier molecular flexibility index (Phi) is 4.46. The highest BCUT2D eigenvalue weighted by Crippen LogP contribution is 2.34. The maximum atomic E-state index is 14.3. The smallest absolute Gasteiger partial charge is 0.258 e. The Labute approximate surface area is 125 Å². The minimum absolute atomic E-state index is 0.0158. The third-order valence-electron chi connectivity index (χ3n) is 3.52. The van der Waals surface area contributed by atoms with E-state index in [4.69, 9.17) is 28.2 Å². The molecule has 2 rings (SSSR count). The first-order valence-electron chi connectivity index (χ1n) is 6.33. The van der Waals surface area contributed by atoms with Gasteiger partial charge in [-0.05, 0) is 12.5 Å². The zero-order valence-electron chi connectivity index (χ0n) is 11.1. The van der Waals surface area contributed by atoms with Crippen molar-refractivity contribution < 1.29 is 19.1 Å². The number of benzene rings is 1. The number of nitrogens with two attached hydrogens (primary N) is 2. The van der Waals surface area contributed by atoms with Crippen LogP contribution in [0, 0.1) is 5.82 Å². The Hall–Kier alpha value is -1.70. The number of amides is 2. The van der Waals surface area contributed by atoms with Crippen molar-refractivity contribution >= 4 is 23.4 Å². The second kappa shape index (κ2) is 5.97. The van der Waals surface area contributed by atoms with Crippen LogP contribution in [-0.4, -0.2) is 34.5 Å². The lowest BCUT2D eigenvalue weighted by Crippen LogP contribution is -2.45. The number of nitrogens with zero attached hydrogens (tertiary/aromatic N) is 1. The minimum atomic E-state index is -1.01. The van der Waals surface area contributed by atoms with Crippen LogP contribution in [0.25, 0.3) is 0 Å². The minimum Gasteiger partial charge on any atom is -0.396 e. The summed E-state index contributed by atoms with van der Waals surface area (Å²) in [4.78, 5) is 24.9. The third kappa shape index (κ3) is 2.59. The molecule has 0 aromatic heterocycles. The fraction of sp³-hybridized carbons (Fsp3) is 0.385. The molecule has 1 aromatic carbocycles. The molecule has 1 atom stereocenters. The van der Waals surface area contributed by atoms with E-state index in [1.165, 1.54) is 6.07 Å². The number of aliphatic hydroxyl groups excluding tert-OH is 1. The summed E-state index contributed by atoms with van der Waals surface area (Å²) in [5, 5.41) is 9.20. The molecule has 5 N–H and O–H groups in total. The van der Waals surface area contributed by atoms with E-state index < -0.39 is 23.7 Å². The molecule has 8 heteroatoms. The lowest BCUT2D eigenvalue weighted by molar-refractivity contribution is -0.123. The van der Waals surface area contributed by atoms with Gasteiger partial charge in [-0.1, -0.05) is 11.6 Å². The van der Waals surface area contributed by atoms with Gasteiger partial charge in [0.2, 0.25) is 5.91 Å². The molecule has 0 saturated carbocycles. The molecule has 0 bridgehead atoms. The number of halogens is 2. The first kappa shape index (κ1) is 15.7. The highest BCUT2D eigenvalue weighted by molar-refractivity contribution is 6.32. The molecule has 1 unspecified atom stereocenters. The zero-order chi connectivity index (χ0) is 15.7. The topological polar surface area (TPSA) is 110 Å². The molecule has 0 fully saturated rings. The molecule has 1 aromatic rings. The molecular weight excluding hydrogens is 301 g/mol. The summed E-state index contributed by atoms with van der Waals surface area (Å²) in [6.45, 7) is -0.442. The molecule has 21 heavy (non-hydrogen) atoms. The Balaban J connectivity index is 2.47. The predicted octanol–water partition coefficient (Wildman–Crippen LogP) is 0.130. The Morgan fingerprint density at radius 3 is 2.76 bits per heavy atom. The number of primary amides is 1. The summed E-state index contributed by atoms with van der Waals surface area (Å²) in [6.07, 6.45) is -0.0158. The first-order valence-corrected chi connectivity index (χ1v) is 6.71. The van der Waals surface area contributed by atoms with Crippen LogP contribution >= 0.6 is 11.6 Å². The second-order valence-corrected chi connectivity index (χ2v) is 5.16. The fourth-order valence-corrected chi connectivity index (χ4v) is 2.74. The molecule has 2 amide bonds. The van der Waals surface area contributed by atoms with Crippen LogP contribution in [0.5, 0.6) is 0 Å². The van der Waals surface area contributed by atoms with Crippen LogP contribution in [-0.2, 0) is 17.9 Å². The monoisotopic (exact) mass is 315 g/mol. The molecule has 0 saturated heterocycles. The van der Waals surface area contributed by atoms with Gasteiger partial charge in [-0.2, -0.15) is 0 Å². The second-order valence-electron chi connectivity index (χ2n) is 4.75. The number of carbonyl (C=O) groups is 2. The summed E-state index contributed by atoms with van der Waals surface area (Å²) in [7, 11) is 0. The van der Waals surface area contributed by atoms with Crippen molar-refractivity contribution in [3.63, 3.8) is 0 Å². The van der Waals surface area contributed by atoms with Gasteiger partial charge in [0.25, 0.3) is 5.91 Å². The SMILES string of the molecule is NCc1cc(Cl)c2c(c1F)C(=O)N(C(CCO)C(N)=O)C2. The van der Waals surface area contributed by atoms with E-state index in [1.54, 1.807) is 0 Å². The third-order valence-corrected chi connectivity index (χ3v) is 3.86. The van der Waals surface area contributed by atoms with E-state index in [1.807, 2.05) is 0 Å². The number of hydrogen-bond donors (Lipinski definition) is 3. The molecular formula is C13H15ClFN3O3. The maximum absolute atomic E-state index is 14.3. The van der Waals surface area contributed by atoms with Crippen LogP contribution in [0.4, 0.5) is 4.39 Å². The highest BCUT2D eigenvalue weighted by atomic mass is 35.5. The Morgan fingerprint density at radius 1 is 1.57 bits per heavy atom. The van der Waals surface area contributed by atoms with E-state index in [-0.39, 0.29) is 42.3 Å². The molecule has 1 aliphatic heterocycles. The van der Waals surface area contributed by atoms with Crippen LogP contribution in [0.3, 0.4) is 0 Å². The molecule has 0 spiro atoms. The molecule has 114 valence electrons. The molecule has 0 radical (unpaired) electrons. The van der Waals surface area contributed by atoms with Crippen LogP contribution in [0.15, 0.2) is 6.07 Å². The van der Waals surface area contributed by atoms with Gasteiger partial charge in [-0.15, -0.1) is 0 Å². The lowest BCUT2D eigenvalue weighted by Gasteiger charge is -2.24. The number of carbonyl (C=O) groups excluding carboxylic acids is 2. The van der Waals surface area contributed by atoms with Crippen molar-refractivity contribution in [2.24, 2.45) is 11.5 Å². The van der Waals surface area contributed by atoms with Crippen molar-refractivity contribution in [2.45, 2.75) is 25.6 Å². The summed E-state index contributed by atoms with van der Waals surface area (Å²) in [6, 6.07) is 0.365. The molecule has 1 heterocycles. The van der Waals surface area contributed by atoms with Crippen LogP contribution in [0.2, 0.25) is 5.02 Å². The van der Waals surface area contributed by atoms with E-state index in [2.05, 4.69) is 0 Å². The van der Waals surface area contributed by atoms with Crippen molar-refractivity contribution in [3.8, 4) is 0 Å². The Bertz CT molecular complexity index is 609. The molecule has 1 aliphatic rings. The normalized spacial score (nSPS) is 15.2. The summed E-state index contributed by atoms with van der Waals surface area (Å²) < 4.78 is 14.3. The lowest BCUT2D eigenvalue weighted by atomic mass is 10.0. The van der Waals surface area contributed by atoms with Crippen molar-refractivity contribution in [2.75, 3.05) is 6.61 Å². The number of hydrogen-bond acceptors (Lipinski definition) is 4. The van der Waals surface area contributed by atoms with Gasteiger partial charge in [0, 0.05) is 35.8 Å². The fourth-order valence-electron chi connectivity index (χ4n) is 2.45. The van der Waals surface area contributed by atoms with Gasteiger partial charge in [0.15, 0.2) is 0 Å². The van der Waals surface area contributed by atoms with E-state index in [0.29, 0.717) is 5.56 Å². The van der Waals surface area contributed by atoms with E-state index in [0.717, 1.165) is 4.90 Å². The van der Waals surface area contributed by atoms with Crippen molar-refractivity contribution in [1.29, 1.82) is 0 Å². The number of rotatable bonds is 5. The average Bonchev–Trinajstić information content (AvgIpc) is 2.78. The zero-order valence-corrected chi connectivity index (χ0v) is 11.9. The predicted molar refractivity (Wildman–Crippen MR) is 73.9 cm³/mol. The molecule has 6 nitrogen and oxygen atoms in total. The highest BCUT2D eigenvalue weighted by Gasteiger charge is 2.39. The summed E-state index contributed by atoms with van der Waals surface area (Å²) >= 11 is 6.05. The van der Waals surface area contributed by atoms with Gasteiger partial charge < -0.3 is 21.5 Å². The Morgan fingerprint density at radius 2 is 2.24 bits per heavy atom. The van der Waals surface area contributed by atoms with Gasteiger partial charge >= 0.3 is 0 Å². The number of aliphatic hydroxyl groups is 1. The molecule has 0 aliphatic carbocycles. The van der Waals surface area contributed by atoms with Crippen molar-refractivity contribution in [3.05, 3.63) is 33.6 Å². The largest absolute Gasteiger partial charge is 0.396 e. The van der Waals surface area contributed by atoms with Gasteiger partial charge in [-0.25, -0.2) is 4.39 Å². The number of fused-ring (bicyclic) bond motifs is 1. The van der Waals surface area contributed by atoms with Crippen LogP contribution < -0.4 is 11.5 Å². The van der Waals surface area contributed by atoms with Gasteiger partial charge in [0.1, 0.15) is 11.9 Å². The van der Waals surface area contributed by atoms with Gasteiger partial charge in [-0.3, -0.25) is 9.59 Å². The van der Waals surface area contributed by atoms with Gasteiger partial charge in [0.05, 0.1) is 5.56 Å².